The van der Waals surface area contributed by atoms with Crippen molar-refractivity contribution in [2.24, 2.45) is 17.6 Å². The molecular formula is C20H27N. The molecule has 112 valence electrons. The third-order valence-electron chi connectivity index (χ3n) is 5.39. The Kier molecular flexibility index (Phi) is 4.03. The summed E-state index contributed by atoms with van der Waals surface area (Å²) in [5.74, 6) is 1.67. The Morgan fingerprint density at radius 2 is 1.71 bits per heavy atom. The third-order valence-corrected chi connectivity index (χ3v) is 5.39. The number of rotatable bonds is 3. The summed E-state index contributed by atoms with van der Waals surface area (Å²) in [6.45, 7) is 4.69. The summed E-state index contributed by atoms with van der Waals surface area (Å²) < 4.78 is 0. The molecule has 2 N–H and O–H groups in total. The molecule has 1 aliphatic carbocycles. The molecule has 0 saturated heterocycles. The molecule has 0 bridgehead atoms. The van der Waals surface area contributed by atoms with Crippen LogP contribution in [0.4, 0.5) is 0 Å². The standard InChI is InChI=1S/C20H27N/c1-15(2)16-10-12-20(21,13-11-16)14-18-8-5-7-17-6-3-4-9-19(17)18/h3-9,15-16H,10-14,21H2,1-2H3. The topological polar surface area (TPSA) is 26.0 Å². The molecule has 0 unspecified atom stereocenters. The van der Waals surface area contributed by atoms with Crippen LogP contribution in [-0.4, -0.2) is 5.54 Å². The fraction of sp³-hybridized carbons (Fsp3) is 0.500. The van der Waals surface area contributed by atoms with E-state index < -0.39 is 0 Å². The molecule has 0 aliphatic heterocycles. The van der Waals surface area contributed by atoms with Gasteiger partial charge in [-0.1, -0.05) is 56.3 Å². The minimum Gasteiger partial charge on any atom is -0.325 e. The molecule has 1 aliphatic rings. The second kappa shape index (κ2) is 5.81. The quantitative estimate of drug-likeness (QED) is 0.848. The van der Waals surface area contributed by atoms with Crippen molar-refractivity contribution in [1.29, 1.82) is 0 Å². The Hall–Kier alpha value is -1.34. The van der Waals surface area contributed by atoms with Gasteiger partial charge in [0, 0.05) is 5.54 Å². The summed E-state index contributed by atoms with van der Waals surface area (Å²) in [6, 6.07) is 15.3. The van der Waals surface area contributed by atoms with E-state index in [0.29, 0.717) is 0 Å². The van der Waals surface area contributed by atoms with Crippen molar-refractivity contribution in [2.45, 2.75) is 51.5 Å². The first-order valence-corrected chi connectivity index (χ1v) is 8.33. The van der Waals surface area contributed by atoms with Crippen LogP contribution < -0.4 is 5.73 Å². The van der Waals surface area contributed by atoms with E-state index in [0.717, 1.165) is 18.3 Å². The molecule has 1 heteroatoms. The molecule has 0 radical (unpaired) electrons. The summed E-state index contributed by atoms with van der Waals surface area (Å²) in [7, 11) is 0. The van der Waals surface area contributed by atoms with Crippen LogP contribution in [0.25, 0.3) is 10.8 Å². The summed E-state index contributed by atoms with van der Waals surface area (Å²) in [6.07, 6.45) is 5.93. The maximum Gasteiger partial charge on any atom is 0.0195 e. The average molecular weight is 281 g/mol. The highest BCUT2D eigenvalue weighted by atomic mass is 14.7. The SMILES string of the molecule is CC(C)C1CCC(N)(Cc2cccc3ccccc23)CC1. The van der Waals surface area contributed by atoms with Gasteiger partial charge in [-0.3, -0.25) is 0 Å². The first-order valence-electron chi connectivity index (χ1n) is 8.33. The van der Waals surface area contributed by atoms with E-state index in [-0.39, 0.29) is 5.54 Å². The van der Waals surface area contributed by atoms with E-state index in [1.165, 1.54) is 42.0 Å². The second-order valence-corrected chi connectivity index (χ2v) is 7.26. The fourth-order valence-corrected chi connectivity index (χ4v) is 3.88. The van der Waals surface area contributed by atoms with Gasteiger partial charge in [0.1, 0.15) is 0 Å². The number of nitrogens with two attached hydrogens (primary N) is 1. The first-order chi connectivity index (χ1) is 10.1. The fourth-order valence-electron chi connectivity index (χ4n) is 3.88. The molecule has 1 nitrogen and oxygen atoms in total. The van der Waals surface area contributed by atoms with Gasteiger partial charge >= 0.3 is 0 Å². The van der Waals surface area contributed by atoms with E-state index >= 15 is 0 Å². The molecule has 0 aromatic heterocycles. The lowest BCUT2D eigenvalue weighted by molar-refractivity contribution is 0.195. The van der Waals surface area contributed by atoms with Crippen LogP contribution in [0.15, 0.2) is 42.5 Å². The van der Waals surface area contributed by atoms with Gasteiger partial charge in [0.05, 0.1) is 0 Å². The van der Waals surface area contributed by atoms with E-state index in [9.17, 15) is 0 Å². The van der Waals surface area contributed by atoms with Gasteiger partial charge in [0.2, 0.25) is 0 Å². The maximum atomic E-state index is 6.74. The Labute approximate surface area is 128 Å². The summed E-state index contributed by atoms with van der Waals surface area (Å²) >= 11 is 0. The van der Waals surface area contributed by atoms with Gasteiger partial charge in [-0.2, -0.15) is 0 Å². The highest BCUT2D eigenvalue weighted by molar-refractivity contribution is 5.85. The zero-order chi connectivity index (χ0) is 14.9. The molecule has 0 atom stereocenters. The van der Waals surface area contributed by atoms with Crippen molar-refractivity contribution < 1.29 is 0 Å². The predicted molar refractivity (Wildman–Crippen MR) is 91.4 cm³/mol. The van der Waals surface area contributed by atoms with Gasteiger partial charge in [-0.25, -0.2) is 0 Å². The molecule has 2 aromatic carbocycles. The number of hydrogen-bond acceptors (Lipinski definition) is 1. The monoisotopic (exact) mass is 281 g/mol. The van der Waals surface area contributed by atoms with Crippen molar-refractivity contribution in [3.05, 3.63) is 48.0 Å². The van der Waals surface area contributed by atoms with Gasteiger partial charge in [-0.15, -0.1) is 0 Å². The molecule has 2 aromatic rings. The lowest BCUT2D eigenvalue weighted by Crippen LogP contribution is -2.45. The summed E-state index contributed by atoms with van der Waals surface area (Å²) in [4.78, 5) is 0. The Morgan fingerprint density at radius 3 is 2.43 bits per heavy atom. The van der Waals surface area contributed by atoms with Crippen molar-refractivity contribution in [3.8, 4) is 0 Å². The summed E-state index contributed by atoms with van der Waals surface area (Å²) in [5.41, 5.74) is 8.16. The molecule has 3 rings (SSSR count). The summed E-state index contributed by atoms with van der Waals surface area (Å²) in [5, 5.41) is 2.70. The molecule has 21 heavy (non-hydrogen) atoms. The van der Waals surface area contributed by atoms with Crippen LogP contribution >= 0.6 is 0 Å². The Bertz CT molecular complexity index is 601. The maximum absolute atomic E-state index is 6.74. The van der Waals surface area contributed by atoms with Crippen molar-refractivity contribution in [1.82, 2.24) is 0 Å². The zero-order valence-corrected chi connectivity index (χ0v) is 13.3. The molecular weight excluding hydrogens is 254 g/mol. The molecule has 0 spiro atoms. The molecule has 1 fully saturated rings. The number of benzene rings is 2. The minimum atomic E-state index is -0.00445. The van der Waals surface area contributed by atoms with E-state index in [1.807, 2.05) is 0 Å². The van der Waals surface area contributed by atoms with Gasteiger partial charge < -0.3 is 5.73 Å². The molecule has 1 saturated carbocycles. The molecule has 0 amide bonds. The highest BCUT2D eigenvalue weighted by Crippen LogP contribution is 2.37. The van der Waals surface area contributed by atoms with E-state index in [4.69, 9.17) is 5.73 Å². The smallest absolute Gasteiger partial charge is 0.0195 e. The van der Waals surface area contributed by atoms with Crippen LogP contribution in [0.2, 0.25) is 0 Å². The lowest BCUT2D eigenvalue weighted by atomic mass is 9.71. The highest BCUT2D eigenvalue weighted by Gasteiger charge is 2.33. The van der Waals surface area contributed by atoms with Crippen LogP contribution in [0, 0.1) is 11.8 Å². The van der Waals surface area contributed by atoms with E-state index in [1.54, 1.807) is 0 Å². The van der Waals surface area contributed by atoms with Gasteiger partial charge in [0.15, 0.2) is 0 Å². The van der Waals surface area contributed by atoms with E-state index in [2.05, 4.69) is 56.3 Å². The second-order valence-electron chi connectivity index (χ2n) is 7.26. The third kappa shape index (κ3) is 3.13. The Balaban J connectivity index is 1.79. The van der Waals surface area contributed by atoms with Crippen molar-refractivity contribution in [3.63, 3.8) is 0 Å². The predicted octanol–water partition coefficient (Wildman–Crippen LogP) is 4.93. The lowest BCUT2D eigenvalue weighted by Gasteiger charge is -2.39. The first kappa shape index (κ1) is 14.6. The zero-order valence-electron chi connectivity index (χ0n) is 13.3. The number of hydrogen-bond donors (Lipinski definition) is 1. The van der Waals surface area contributed by atoms with Gasteiger partial charge in [0.25, 0.3) is 0 Å². The van der Waals surface area contributed by atoms with Gasteiger partial charge in [-0.05, 0) is 60.3 Å². The minimum absolute atomic E-state index is 0.00445. The molecule has 0 heterocycles. The van der Waals surface area contributed by atoms with Crippen LogP contribution in [0.5, 0.6) is 0 Å². The van der Waals surface area contributed by atoms with Crippen molar-refractivity contribution in [2.75, 3.05) is 0 Å². The van der Waals surface area contributed by atoms with Crippen LogP contribution in [-0.2, 0) is 6.42 Å². The Morgan fingerprint density at radius 1 is 1.05 bits per heavy atom. The van der Waals surface area contributed by atoms with Crippen LogP contribution in [0.1, 0.15) is 45.1 Å². The largest absolute Gasteiger partial charge is 0.325 e. The average Bonchev–Trinajstić information content (AvgIpc) is 2.48. The van der Waals surface area contributed by atoms with Crippen LogP contribution in [0.3, 0.4) is 0 Å². The van der Waals surface area contributed by atoms with Crippen molar-refractivity contribution >= 4 is 10.8 Å². The number of fused-ring (bicyclic) bond motifs is 1. The normalized spacial score (nSPS) is 26.4.